The number of nitrogens with zero attached hydrogens (tertiary/aromatic N) is 1. The van der Waals surface area contributed by atoms with Gasteiger partial charge in [0.15, 0.2) is 11.5 Å². The van der Waals surface area contributed by atoms with Crippen molar-refractivity contribution < 1.29 is 14.6 Å². The molecular weight excluding hydrogens is 242 g/mol. The largest absolute Gasteiger partial charge is 0.493 e. The van der Waals surface area contributed by atoms with Gasteiger partial charge in [0.05, 0.1) is 20.3 Å². The molecule has 0 aliphatic rings. The summed E-state index contributed by atoms with van der Waals surface area (Å²) in [5, 5.41) is 9.13. The summed E-state index contributed by atoms with van der Waals surface area (Å²) in [6.45, 7) is 0.542. The third-order valence-electron chi connectivity index (χ3n) is 2.81. The van der Waals surface area contributed by atoms with Crippen molar-refractivity contribution in [1.82, 2.24) is 4.98 Å². The predicted octanol–water partition coefficient (Wildman–Crippen LogP) is 2.20. The molecule has 0 atom stereocenters. The van der Waals surface area contributed by atoms with Crippen LogP contribution in [-0.2, 0) is 13.0 Å². The lowest BCUT2D eigenvalue weighted by Gasteiger charge is -2.11. The summed E-state index contributed by atoms with van der Waals surface area (Å²) in [4.78, 5) is 3.97. The van der Waals surface area contributed by atoms with Crippen LogP contribution in [0.25, 0.3) is 0 Å². The summed E-state index contributed by atoms with van der Waals surface area (Å²) >= 11 is 0. The van der Waals surface area contributed by atoms with Gasteiger partial charge >= 0.3 is 0 Å². The molecular formula is C15H17NO3. The maximum Gasteiger partial charge on any atom is 0.161 e. The first-order chi connectivity index (χ1) is 9.33. The third kappa shape index (κ3) is 3.69. The molecule has 0 amide bonds. The molecule has 1 heterocycles. The van der Waals surface area contributed by atoms with Gasteiger partial charge in [-0.15, -0.1) is 0 Å². The lowest BCUT2D eigenvalue weighted by molar-refractivity contribution is 0.276. The first kappa shape index (κ1) is 13.4. The molecule has 0 aliphatic heterocycles. The number of benzene rings is 1. The van der Waals surface area contributed by atoms with Crippen LogP contribution in [0.3, 0.4) is 0 Å². The SMILES string of the molecule is COc1ccc(CO)cc1OCCc1ccncc1. The van der Waals surface area contributed by atoms with Crippen molar-refractivity contribution in [2.45, 2.75) is 13.0 Å². The summed E-state index contributed by atoms with van der Waals surface area (Å²) in [5.74, 6) is 1.33. The van der Waals surface area contributed by atoms with Gasteiger partial charge < -0.3 is 14.6 Å². The molecule has 0 fully saturated rings. The van der Waals surface area contributed by atoms with E-state index in [4.69, 9.17) is 14.6 Å². The van der Waals surface area contributed by atoms with Crippen LogP contribution in [0, 0.1) is 0 Å². The van der Waals surface area contributed by atoms with E-state index in [1.54, 1.807) is 31.6 Å². The van der Waals surface area contributed by atoms with E-state index >= 15 is 0 Å². The van der Waals surface area contributed by atoms with E-state index in [9.17, 15) is 0 Å². The van der Waals surface area contributed by atoms with Crippen LogP contribution in [0.4, 0.5) is 0 Å². The zero-order valence-electron chi connectivity index (χ0n) is 10.9. The fourth-order valence-electron chi connectivity index (χ4n) is 1.76. The second-order valence-corrected chi connectivity index (χ2v) is 4.10. The molecule has 19 heavy (non-hydrogen) atoms. The number of aliphatic hydroxyl groups is 1. The van der Waals surface area contributed by atoms with Gasteiger partial charge in [-0.25, -0.2) is 0 Å². The average molecular weight is 259 g/mol. The molecule has 0 radical (unpaired) electrons. The zero-order chi connectivity index (χ0) is 13.5. The van der Waals surface area contributed by atoms with Crippen LogP contribution in [0.5, 0.6) is 11.5 Å². The fraction of sp³-hybridized carbons (Fsp3) is 0.267. The predicted molar refractivity (Wildman–Crippen MR) is 72.4 cm³/mol. The zero-order valence-corrected chi connectivity index (χ0v) is 10.9. The van der Waals surface area contributed by atoms with E-state index in [0.717, 1.165) is 12.0 Å². The molecule has 0 saturated carbocycles. The van der Waals surface area contributed by atoms with Crippen LogP contribution in [0.1, 0.15) is 11.1 Å². The van der Waals surface area contributed by atoms with Gasteiger partial charge in [0.1, 0.15) is 0 Å². The summed E-state index contributed by atoms with van der Waals surface area (Å²) in [6, 6.07) is 9.34. The second kappa shape index (κ2) is 6.75. The molecule has 0 spiro atoms. The Balaban J connectivity index is 1.98. The Morgan fingerprint density at radius 1 is 1.05 bits per heavy atom. The molecule has 4 heteroatoms. The Bertz CT molecular complexity index is 514. The first-order valence-electron chi connectivity index (χ1n) is 6.13. The number of ether oxygens (including phenoxy) is 2. The van der Waals surface area contributed by atoms with Crippen LogP contribution in [-0.4, -0.2) is 23.8 Å². The number of aliphatic hydroxyl groups excluding tert-OH is 1. The molecule has 0 unspecified atom stereocenters. The molecule has 4 nitrogen and oxygen atoms in total. The quantitative estimate of drug-likeness (QED) is 0.864. The van der Waals surface area contributed by atoms with Gasteiger partial charge in [0.25, 0.3) is 0 Å². The highest BCUT2D eigenvalue weighted by atomic mass is 16.5. The first-order valence-corrected chi connectivity index (χ1v) is 6.13. The Morgan fingerprint density at radius 3 is 2.53 bits per heavy atom. The normalized spacial score (nSPS) is 10.2. The number of aromatic nitrogens is 1. The molecule has 0 aliphatic carbocycles. The smallest absolute Gasteiger partial charge is 0.161 e. The van der Waals surface area contributed by atoms with Crippen molar-refractivity contribution in [3.05, 3.63) is 53.9 Å². The number of rotatable bonds is 6. The molecule has 0 saturated heterocycles. The second-order valence-electron chi connectivity index (χ2n) is 4.10. The van der Waals surface area contributed by atoms with Crippen molar-refractivity contribution in [1.29, 1.82) is 0 Å². The lowest BCUT2D eigenvalue weighted by Crippen LogP contribution is -2.03. The van der Waals surface area contributed by atoms with Crippen molar-refractivity contribution in [3.63, 3.8) is 0 Å². The van der Waals surface area contributed by atoms with Crippen molar-refractivity contribution in [3.8, 4) is 11.5 Å². The molecule has 0 bridgehead atoms. The highest BCUT2D eigenvalue weighted by Gasteiger charge is 2.05. The van der Waals surface area contributed by atoms with Gasteiger partial charge in [-0.1, -0.05) is 6.07 Å². The molecule has 2 rings (SSSR count). The molecule has 1 aromatic carbocycles. The Hall–Kier alpha value is -2.07. The van der Waals surface area contributed by atoms with Gasteiger partial charge in [-0.2, -0.15) is 0 Å². The van der Waals surface area contributed by atoms with Crippen molar-refractivity contribution in [2.24, 2.45) is 0 Å². The van der Waals surface area contributed by atoms with E-state index in [1.807, 2.05) is 18.2 Å². The Labute approximate surface area is 112 Å². The lowest BCUT2D eigenvalue weighted by atomic mass is 10.2. The molecule has 100 valence electrons. The average Bonchev–Trinajstić information content (AvgIpc) is 2.48. The topological polar surface area (TPSA) is 51.6 Å². The van der Waals surface area contributed by atoms with E-state index in [1.165, 1.54) is 5.56 Å². The van der Waals surface area contributed by atoms with E-state index in [-0.39, 0.29) is 6.61 Å². The summed E-state index contributed by atoms with van der Waals surface area (Å²) in [6.07, 6.45) is 4.33. The van der Waals surface area contributed by atoms with Crippen LogP contribution in [0.2, 0.25) is 0 Å². The minimum absolute atomic E-state index is 0.00922. The van der Waals surface area contributed by atoms with Crippen LogP contribution in [0.15, 0.2) is 42.7 Å². The monoisotopic (exact) mass is 259 g/mol. The van der Waals surface area contributed by atoms with Gasteiger partial charge in [-0.05, 0) is 35.4 Å². The Kier molecular flexibility index (Phi) is 4.75. The minimum atomic E-state index is -0.00922. The van der Waals surface area contributed by atoms with E-state index in [0.29, 0.717) is 18.1 Å². The third-order valence-corrected chi connectivity index (χ3v) is 2.81. The van der Waals surface area contributed by atoms with E-state index < -0.39 is 0 Å². The summed E-state index contributed by atoms with van der Waals surface area (Å²) in [5.41, 5.74) is 1.98. The maximum atomic E-state index is 9.13. The summed E-state index contributed by atoms with van der Waals surface area (Å²) in [7, 11) is 1.60. The molecule has 2 aromatic rings. The minimum Gasteiger partial charge on any atom is -0.493 e. The van der Waals surface area contributed by atoms with Gasteiger partial charge in [0.2, 0.25) is 0 Å². The van der Waals surface area contributed by atoms with E-state index in [2.05, 4.69) is 4.98 Å². The Morgan fingerprint density at radius 2 is 1.84 bits per heavy atom. The van der Waals surface area contributed by atoms with Gasteiger partial charge in [0, 0.05) is 18.8 Å². The standard InChI is InChI=1S/C15H17NO3/c1-18-14-3-2-13(11-17)10-15(14)19-9-6-12-4-7-16-8-5-12/h2-5,7-8,10,17H,6,9,11H2,1H3. The highest BCUT2D eigenvalue weighted by molar-refractivity contribution is 5.42. The molecule has 1 N–H and O–H groups in total. The van der Waals surface area contributed by atoms with Crippen molar-refractivity contribution in [2.75, 3.05) is 13.7 Å². The van der Waals surface area contributed by atoms with Crippen LogP contribution >= 0.6 is 0 Å². The number of hydrogen-bond donors (Lipinski definition) is 1. The molecule has 1 aromatic heterocycles. The van der Waals surface area contributed by atoms with Crippen LogP contribution < -0.4 is 9.47 Å². The van der Waals surface area contributed by atoms with Gasteiger partial charge in [-0.3, -0.25) is 4.98 Å². The number of methoxy groups -OCH3 is 1. The highest BCUT2D eigenvalue weighted by Crippen LogP contribution is 2.28. The fourth-order valence-corrected chi connectivity index (χ4v) is 1.76. The van der Waals surface area contributed by atoms with Crippen molar-refractivity contribution >= 4 is 0 Å². The number of hydrogen-bond acceptors (Lipinski definition) is 4. The number of pyridine rings is 1. The summed E-state index contributed by atoms with van der Waals surface area (Å²) < 4.78 is 10.9. The maximum absolute atomic E-state index is 9.13.